The number of aryl methyl sites for hydroxylation is 1. The first-order valence-corrected chi connectivity index (χ1v) is 4.38. The summed E-state index contributed by atoms with van der Waals surface area (Å²) in [6.45, 7) is 0. The molecule has 0 saturated heterocycles. The largest absolute Gasteiger partial charge is 0.330 e. The highest BCUT2D eigenvalue weighted by Gasteiger charge is 2.12. The summed E-state index contributed by atoms with van der Waals surface area (Å²) in [6.07, 6.45) is 1.20. The van der Waals surface area contributed by atoms with E-state index in [4.69, 9.17) is 11.6 Å². The number of hydrogen-bond acceptors (Lipinski definition) is 3. The first-order valence-electron chi connectivity index (χ1n) is 3.85. The second-order valence-corrected chi connectivity index (χ2v) is 3.12. The minimum absolute atomic E-state index is 0.0652. The first kappa shape index (κ1) is 10.7. The third kappa shape index (κ3) is 1.63. The molecule has 1 aromatic heterocycles. The molecule has 5 nitrogen and oxygen atoms in total. The Bertz CT molecular complexity index is 486. The lowest BCUT2D eigenvalue weighted by Crippen LogP contribution is -2.39. The van der Waals surface area contributed by atoms with E-state index in [-0.39, 0.29) is 11.4 Å². The van der Waals surface area contributed by atoms with Crippen molar-refractivity contribution in [2.24, 2.45) is 14.1 Å². The fraction of sp³-hybridized carbons (Fsp3) is 0.375. The van der Waals surface area contributed by atoms with Gasteiger partial charge >= 0.3 is 5.69 Å². The normalized spacial score (nSPS) is 10.2. The Balaban J connectivity index is 3.57. The molecule has 14 heavy (non-hydrogen) atoms. The summed E-state index contributed by atoms with van der Waals surface area (Å²) < 4.78 is 2.04. The molecule has 0 saturated carbocycles. The third-order valence-electron chi connectivity index (χ3n) is 1.87. The number of Topliss-reactive ketones (excluding diaryl/α,β-unsaturated/α-hetero) is 1. The Morgan fingerprint density at radius 3 is 2.50 bits per heavy atom. The van der Waals surface area contributed by atoms with Gasteiger partial charge in [0.15, 0.2) is 5.78 Å². The Labute approximate surface area is 84.5 Å². The zero-order valence-corrected chi connectivity index (χ0v) is 8.54. The summed E-state index contributed by atoms with van der Waals surface area (Å²) in [5.74, 6) is -0.754. The van der Waals surface area contributed by atoms with Crippen molar-refractivity contribution in [1.82, 2.24) is 9.13 Å². The predicted octanol–water partition coefficient (Wildman–Crippen LogP) is -0.494. The number of hydrogen-bond donors (Lipinski definition) is 0. The number of carbonyl (C=O) groups is 1. The van der Waals surface area contributed by atoms with E-state index in [1.54, 1.807) is 0 Å². The zero-order valence-electron chi connectivity index (χ0n) is 7.78. The number of nitrogens with zero attached hydrogens (tertiary/aromatic N) is 2. The van der Waals surface area contributed by atoms with Gasteiger partial charge in [0.2, 0.25) is 0 Å². The van der Waals surface area contributed by atoms with Gasteiger partial charge in [-0.05, 0) is 0 Å². The Kier molecular flexibility index (Phi) is 2.90. The predicted molar refractivity (Wildman–Crippen MR) is 52.0 cm³/mol. The molecule has 0 aliphatic carbocycles. The second kappa shape index (κ2) is 3.79. The SMILES string of the molecule is Cn1cc(C(=O)CCl)c(=O)n(C)c1=O. The lowest BCUT2D eigenvalue weighted by Gasteiger charge is -2.03. The van der Waals surface area contributed by atoms with E-state index < -0.39 is 17.0 Å². The Hall–Kier alpha value is -1.36. The highest BCUT2D eigenvalue weighted by molar-refractivity contribution is 6.30. The van der Waals surface area contributed by atoms with Crippen LogP contribution in [0.25, 0.3) is 0 Å². The van der Waals surface area contributed by atoms with Crippen molar-refractivity contribution in [2.75, 3.05) is 5.88 Å². The molecule has 0 amide bonds. The average Bonchev–Trinajstić information content (AvgIpc) is 2.19. The summed E-state index contributed by atoms with van der Waals surface area (Å²) in [4.78, 5) is 33.8. The smallest absolute Gasteiger partial charge is 0.303 e. The molecule has 0 aliphatic rings. The number of carbonyl (C=O) groups excluding carboxylic acids is 1. The summed E-state index contributed by atoms with van der Waals surface area (Å²) in [5, 5.41) is 0. The molecule has 1 aromatic rings. The molecule has 0 aromatic carbocycles. The van der Waals surface area contributed by atoms with Crippen LogP contribution in [-0.2, 0) is 14.1 Å². The maximum absolute atomic E-state index is 11.4. The molecule has 6 heteroatoms. The number of rotatable bonds is 2. The van der Waals surface area contributed by atoms with Crippen molar-refractivity contribution in [1.29, 1.82) is 0 Å². The molecular weight excluding hydrogens is 208 g/mol. The number of aromatic nitrogens is 2. The highest BCUT2D eigenvalue weighted by atomic mass is 35.5. The van der Waals surface area contributed by atoms with Crippen LogP contribution in [0.1, 0.15) is 10.4 Å². The molecule has 0 aliphatic heterocycles. The Morgan fingerprint density at radius 2 is 2.00 bits per heavy atom. The van der Waals surface area contributed by atoms with Crippen molar-refractivity contribution >= 4 is 17.4 Å². The monoisotopic (exact) mass is 216 g/mol. The summed E-state index contributed by atoms with van der Waals surface area (Å²) in [6, 6.07) is 0. The van der Waals surface area contributed by atoms with Crippen LogP contribution < -0.4 is 11.2 Å². The van der Waals surface area contributed by atoms with Crippen LogP contribution >= 0.6 is 11.6 Å². The van der Waals surface area contributed by atoms with E-state index in [1.807, 2.05) is 0 Å². The zero-order chi connectivity index (χ0) is 10.9. The van der Waals surface area contributed by atoms with Gasteiger partial charge in [-0.25, -0.2) is 4.79 Å². The maximum Gasteiger partial charge on any atom is 0.330 e. The minimum atomic E-state index is -0.612. The minimum Gasteiger partial charge on any atom is -0.303 e. The number of ketones is 1. The standard InChI is InChI=1S/C8H9ClN2O3/c1-10-4-5(6(12)3-9)7(13)11(2)8(10)14/h4H,3H2,1-2H3. The van der Waals surface area contributed by atoms with Gasteiger partial charge < -0.3 is 4.57 Å². The van der Waals surface area contributed by atoms with Crippen molar-refractivity contribution in [3.05, 3.63) is 32.6 Å². The topological polar surface area (TPSA) is 61.1 Å². The van der Waals surface area contributed by atoms with E-state index >= 15 is 0 Å². The molecule has 0 fully saturated rings. The lowest BCUT2D eigenvalue weighted by molar-refractivity contribution is 0.101. The molecule has 0 N–H and O–H groups in total. The first-order chi connectivity index (χ1) is 6.49. The van der Waals surface area contributed by atoms with E-state index in [2.05, 4.69) is 0 Å². The quantitative estimate of drug-likeness (QED) is 0.495. The van der Waals surface area contributed by atoms with Crippen molar-refractivity contribution in [2.45, 2.75) is 0 Å². The molecule has 0 atom stereocenters. The van der Waals surface area contributed by atoms with Crippen LogP contribution in [0.3, 0.4) is 0 Å². The molecular formula is C8H9ClN2O3. The average molecular weight is 217 g/mol. The van der Waals surface area contributed by atoms with Gasteiger partial charge in [0.25, 0.3) is 5.56 Å². The summed E-state index contributed by atoms with van der Waals surface area (Å²) in [5.41, 5.74) is -1.15. The molecule has 1 rings (SSSR count). The van der Waals surface area contributed by atoms with Gasteiger partial charge in [-0.1, -0.05) is 0 Å². The molecule has 0 spiro atoms. The van der Waals surface area contributed by atoms with Crippen molar-refractivity contribution in [3.8, 4) is 0 Å². The summed E-state index contributed by atoms with van der Waals surface area (Å²) >= 11 is 5.32. The number of halogens is 1. The van der Waals surface area contributed by atoms with Crippen LogP contribution in [0.15, 0.2) is 15.8 Å². The Morgan fingerprint density at radius 1 is 1.43 bits per heavy atom. The fourth-order valence-corrected chi connectivity index (χ4v) is 1.22. The molecule has 1 heterocycles. The fourth-order valence-electron chi connectivity index (χ4n) is 1.07. The van der Waals surface area contributed by atoms with Crippen LogP contribution in [0, 0.1) is 0 Å². The van der Waals surface area contributed by atoms with Crippen molar-refractivity contribution < 1.29 is 4.79 Å². The van der Waals surface area contributed by atoms with Crippen LogP contribution in [-0.4, -0.2) is 20.8 Å². The van der Waals surface area contributed by atoms with Gasteiger partial charge in [-0.2, -0.15) is 0 Å². The maximum atomic E-state index is 11.4. The summed E-state index contributed by atoms with van der Waals surface area (Å²) in [7, 11) is 2.78. The second-order valence-electron chi connectivity index (χ2n) is 2.86. The van der Waals surface area contributed by atoms with Gasteiger partial charge in [-0.15, -0.1) is 11.6 Å². The molecule has 0 radical (unpaired) electrons. The number of alkyl halides is 1. The van der Waals surface area contributed by atoms with E-state index in [9.17, 15) is 14.4 Å². The molecule has 0 bridgehead atoms. The lowest BCUT2D eigenvalue weighted by atomic mass is 10.2. The van der Waals surface area contributed by atoms with E-state index in [1.165, 1.54) is 24.9 Å². The van der Waals surface area contributed by atoms with Gasteiger partial charge in [-0.3, -0.25) is 14.2 Å². The highest BCUT2D eigenvalue weighted by Crippen LogP contribution is 1.92. The van der Waals surface area contributed by atoms with Crippen LogP contribution in [0.4, 0.5) is 0 Å². The van der Waals surface area contributed by atoms with Crippen LogP contribution in [0.5, 0.6) is 0 Å². The van der Waals surface area contributed by atoms with Gasteiger partial charge in [0, 0.05) is 20.3 Å². The molecule has 0 unspecified atom stereocenters. The van der Waals surface area contributed by atoms with Crippen molar-refractivity contribution in [3.63, 3.8) is 0 Å². The third-order valence-corrected chi connectivity index (χ3v) is 2.11. The van der Waals surface area contributed by atoms with E-state index in [0.29, 0.717) is 0 Å². The van der Waals surface area contributed by atoms with Gasteiger partial charge in [0.05, 0.1) is 5.88 Å². The van der Waals surface area contributed by atoms with Crippen LogP contribution in [0.2, 0.25) is 0 Å². The van der Waals surface area contributed by atoms with Gasteiger partial charge in [0.1, 0.15) is 5.56 Å². The molecule has 76 valence electrons. The van der Waals surface area contributed by atoms with E-state index in [0.717, 1.165) is 4.57 Å².